The van der Waals surface area contributed by atoms with Gasteiger partial charge in [0, 0.05) is 19.2 Å². The Kier molecular flexibility index (Phi) is 3.76. The Morgan fingerprint density at radius 2 is 2.21 bits per heavy atom. The molecule has 2 heteroatoms. The lowest BCUT2D eigenvalue weighted by Gasteiger charge is -2.09. The van der Waals surface area contributed by atoms with Crippen LogP contribution in [0.25, 0.3) is 0 Å². The second-order valence-corrected chi connectivity index (χ2v) is 4.06. The van der Waals surface area contributed by atoms with Crippen LogP contribution in [0.3, 0.4) is 0 Å². The van der Waals surface area contributed by atoms with Gasteiger partial charge in [-0.2, -0.15) is 0 Å². The molecular formula is C12H22N2. The largest absolute Gasteiger partial charge is 0.329 e. The highest BCUT2D eigenvalue weighted by Crippen LogP contribution is 2.47. The van der Waals surface area contributed by atoms with Crippen molar-refractivity contribution in [3.63, 3.8) is 0 Å². The van der Waals surface area contributed by atoms with Crippen LogP contribution in [0.5, 0.6) is 0 Å². The summed E-state index contributed by atoms with van der Waals surface area (Å²) in [5, 5.41) is 0. The maximum absolute atomic E-state index is 3.02. The Morgan fingerprint density at radius 1 is 1.57 bits per heavy atom. The highest BCUT2D eigenvalue weighted by molar-refractivity contribution is 5.44. The molecule has 1 aliphatic rings. The van der Waals surface area contributed by atoms with Gasteiger partial charge in [0.1, 0.15) is 0 Å². The molecule has 2 N–H and O–H groups in total. The average Bonchev–Trinajstić information content (AvgIpc) is 2.84. The molecule has 0 amide bonds. The molecule has 80 valence electrons. The third-order valence-electron chi connectivity index (χ3n) is 3.25. The summed E-state index contributed by atoms with van der Waals surface area (Å²) in [5.41, 5.74) is 10.6. The lowest BCUT2D eigenvalue weighted by Crippen LogP contribution is -2.22. The Bertz CT molecular complexity index is 263. The zero-order valence-corrected chi connectivity index (χ0v) is 9.94. The average molecular weight is 194 g/mol. The van der Waals surface area contributed by atoms with E-state index in [4.69, 9.17) is 0 Å². The quantitative estimate of drug-likeness (QED) is 0.519. The van der Waals surface area contributed by atoms with Gasteiger partial charge >= 0.3 is 0 Å². The summed E-state index contributed by atoms with van der Waals surface area (Å²) in [5.74, 6) is 1.36. The third kappa shape index (κ3) is 2.18. The normalized spacial score (nSPS) is 23.8. The second-order valence-electron chi connectivity index (χ2n) is 4.06. The first-order valence-electron chi connectivity index (χ1n) is 5.45. The van der Waals surface area contributed by atoms with E-state index in [0.29, 0.717) is 5.92 Å². The first-order chi connectivity index (χ1) is 6.63. The Labute approximate surface area is 87.4 Å². The lowest BCUT2D eigenvalue weighted by atomic mass is 9.99. The predicted molar refractivity (Wildman–Crippen MR) is 61.6 cm³/mol. The molecule has 1 aliphatic carbocycles. The molecule has 2 nitrogen and oxygen atoms in total. The number of allylic oxidation sites excluding steroid dienone is 3. The van der Waals surface area contributed by atoms with Crippen LogP contribution in [-0.4, -0.2) is 7.05 Å². The fourth-order valence-corrected chi connectivity index (χ4v) is 2.14. The summed E-state index contributed by atoms with van der Waals surface area (Å²) in [6.45, 7) is 9.03. The molecule has 0 aromatic rings. The van der Waals surface area contributed by atoms with Gasteiger partial charge in [-0.15, -0.1) is 0 Å². The molecule has 0 saturated carbocycles. The molecule has 0 heterocycles. The van der Waals surface area contributed by atoms with E-state index >= 15 is 0 Å². The van der Waals surface area contributed by atoms with Crippen molar-refractivity contribution < 1.29 is 0 Å². The van der Waals surface area contributed by atoms with E-state index < -0.39 is 0 Å². The van der Waals surface area contributed by atoms with Crippen molar-refractivity contribution in [2.75, 3.05) is 7.05 Å². The molecule has 0 saturated heterocycles. The Hall–Kier alpha value is -0.760. The molecule has 14 heavy (non-hydrogen) atoms. The summed E-state index contributed by atoms with van der Waals surface area (Å²) >= 11 is 0. The molecule has 0 aliphatic heterocycles. The van der Waals surface area contributed by atoms with E-state index in [9.17, 15) is 0 Å². The fraction of sp³-hybridized carbons (Fsp3) is 0.667. The monoisotopic (exact) mass is 194 g/mol. The number of hydrogen-bond acceptors (Lipinski definition) is 2. The van der Waals surface area contributed by atoms with Gasteiger partial charge in [0.25, 0.3) is 0 Å². The molecule has 1 rings (SSSR count). The maximum Gasteiger partial charge on any atom is 0.0120 e. The Balaban J connectivity index is 2.58. The first-order valence-corrected chi connectivity index (χ1v) is 5.45. The standard InChI is InChI=1S/C12H22N2/c1-6-11-10(4)12(11)9(3)8(2)7-14-13-5/h7,9-10,13-14H,6H2,1-5H3/b8-7+/t9-,10?/m0/s1. The lowest BCUT2D eigenvalue weighted by molar-refractivity contribution is 0.699. The van der Waals surface area contributed by atoms with Crippen molar-refractivity contribution in [3.8, 4) is 0 Å². The van der Waals surface area contributed by atoms with Crippen LogP contribution in [0, 0.1) is 11.8 Å². The maximum atomic E-state index is 3.02. The van der Waals surface area contributed by atoms with Crippen molar-refractivity contribution in [1.82, 2.24) is 10.9 Å². The smallest absolute Gasteiger partial charge is 0.0120 e. The number of hydrogen-bond donors (Lipinski definition) is 2. The van der Waals surface area contributed by atoms with Crippen LogP contribution in [0.4, 0.5) is 0 Å². The third-order valence-corrected chi connectivity index (χ3v) is 3.25. The predicted octanol–water partition coefficient (Wildman–Crippen LogP) is 2.61. The molecule has 0 spiro atoms. The molecule has 0 aromatic carbocycles. The molecule has 0 aromatic heterocycles. The van der Waals surface area contributed by atoms with Crippen molar-refractivity contribution >= 4 is 0 Å². The number of rotatable bonds is 5. The molecule has 0 bridgehead atoms. The van der Waals surface area contributed by atoms with Crippen LogP contribution < -0.4 is 10.9 Å². The van der Waals surface area contributed by atoms with Gasteiger partial charge in [0.2, 0.25) is 0 Å². The van der Waals surface area contributed by atoms with Gasteiger partial charge in [-0.3, -0.25) is 0 Å². The highest BCUT2D eigenvalue weighted by Gasteiger charge is 2.34. The van der Waals surface area contributed by atoms with Crippen LogP contribution in [0.2, 0.25) is 0 Å². The zero-order valence-electron chi connectivity index (χ0n) is 9.94. The highest BCUT2D eigenvalue weighted by atomic mass is 15.3. The molecular weight excluding hydrogens is 172 g/mol. The van der Waals surface area contributed by atoms with Crippen LogP contribution in [0.1, 0.15) is 34.1 Å². The zero-order chi connectivity index (χ0) is 10.7. The number of hydrazine groups is 1. The molecule has 2 atom stereocenters. The van der Waals surface area contributed by atoms with Gasteiger partial charge in [0.05, 0.1) is 0 Å². The van der Waals surface area contributed by atoms with Gasteiger partial charge < -0.3 is 5.43 Å². The van der Waals surface area contributed by atoms with Crippen LogP contribution in [-0.2, 0) is 0 Å². The SMILES string of the molecule is CCC1=C([C@@H](C)/C(C)=C/NNC)C1C. The first kappa shape index (κ1) is 11.3. The van der Waals surface area contributed by atoms with Gasteiger partial charge in [-0.1, -0.05) is 31.9 Å². The summed E-state index contributed by atoms with van der Waals surface area (Å²) in [4.78, 5) is 0. The van der Waals surface area contributed by atoms with E-state index in [0.717, 1.165) is 5.92 Å². The van der Waals surface area contributed by atoms with Crippen molar-refractivity contribution in [3.05, 3.63) is 22.9 Å². The van der Waals surface area contributed by atoms with Gasteiger partial charge in [-0.05, 0) is 24.8 Å². The van der Waals surface area contributed by atoms with E-state index in [2.05, 4.69) is 44.7 Å². The minimum atomic E-state index is 0.598. The van der Waals surface area contributed by atoms with Crippen molar-refractivity contribution in [1.29, 1.82) is 0 Å². The topological polar surface area (TPSA) is 24.1 Å². The van der Waals surface area contributed by atoms with Crippen molar-refractivity contribution in [2.45, 2.75) is 34.1 Å². The van der Waals surface area contributed by atoms with Crippen LogP contribution >= 0.6 is 0 Å². The second kappa shape index (κ2) is 4.65. The van der Waals surface area contributed by atoms with Crippen LogP contribution in [0.15, 0.2) is 22.9 Å². The fourth-order valence-electron chi connectivity index (χ4n) is 2.14. The number of nitrogens with one attached hydrogen (secondary N) is 2. The summed E-state index contributed by atoms with van der Waals surface area (Å²) < 4.78 is 0. The minimum Gasteiger partial charge on any atom is -0.329 e. The van der Waals surface area contributed by atoms with Gasteiger partial charge in [-0.25, -0.2) is 5.43 Å². The van der Waals surface area contributed by atoms with E-state index in [1.165, 1.54) is 12.0 Å². The summed E-state index contributed by atoms with van der Waals surface area (Å²) in [7, 11) is 1.88. The van der Waals surface area contributed by atoms with Gasteiger partial charge in [0.15, 0.2) is 0 Å². The Morgan fingerprint density at radius 3 is 2.64 bits per heavy atom. The van der Waals surface area contributed by atoms with Crippen molar-refractivity contribution in [2.24, 2.45) is 11.8 Å². The van der Waals surface area contributed by atoms with E-state index in [1.54, 1.807) is 11.1 Å². The molecule has 1 unspecified atom stereocenters. The summed E-state index contributed by atoms with van der Waals surface area (Å²) in [6, 6.07) is 0. The van der Waals surface area contributed by atoms with E-state index in [-0.39, 0.29) is 0 Å². The molecule has 0 fully saturated rings. The van der Waals surface area contributed by atoms with E-state index in [1.807, 2.05) is 7.05 Å². The molecule has 0 radical (unpaired) electrons. The summed E-state index contributed by atoms with van der Waals surface area (Å²) in [6.07, 6.45) is 3.27. The minimum absolute atomic E-state index is 0.598.